The summed E-state index contributed by atoms with van der Waals surface area (Å²) in [6.45, 7) is 10.3. The van der Waals surface area contributed by atoms with Crippen molar-refractivity contribution in [3.05, 3.63) is 30.3 Å². The third-order valence-electron chi connectivity index (χ3n) is 4.30. The van der Waals surface area contributed by atoms with E-state index in [9.17, 15) is 4.79 Å². The number of amides is 1. The quantitative estimate of drug-likeness (QED) is 0.790. The molecule has 5 nitrogen and oxygen atoms in total. The van der Waals surface area contributed by atoms with Crippen molar-refractivity contribution in [2.45, 2.75) is 26.3 Å². The van der Waals surface area contributed by atoms with E-state index in [1.165, 1.54) is 0 Å². The molecule has 1 unspecified atom stereocenters. The Morgan fingerprint density at radius 3 is 2.57 bits per heavy atom. The lowest BCUT2D eigenvalue weighted by atomic mass is 10.2. The molecule has 0 spiro atoms. The van der Waals surface area contributed by atoms with Crippen LogP contribution in [0.15, 0.2) is 30.3 Å². The first kappa shape index (κ1) is 17.8. The van der Waals surface area contributed by atoms with Crippen LogP contribution in [-0.2, 0) is 4.79 Å². The summed E-state index contributed by atoms with van der Waals surface area (Å²) in [6.07, 6.45) is 0.980. The standard InChI is InChI=1S/C18H29N3O2/c1-3-9-19-18(22)16(2)21-12-10-20(11-13-21)14-15-23-17-7-5-4-6-8-17/h4-8,16H,3,9-15H2,1-2H3,(H,19,22). The number of hydrogen-bond donors (Lipinski definition) is 1. The van der Waals surface area contributed by atoms with E-state index in [4.69, 9.17) is 4.74 Å². The van der Waals surface area contributed by atoms with Crippen molar-refractivity contribution in [2.24, 2.45) is 0 Å². The van der Waals surface area contributed by atoms with Crippen LogP contribution in [0.1, 0.15) is 20.3 Å². The van der Waals surface area contributed by atoms with Gasteiger partial charge in [-0.25, -0.2) is 0 Å². The van der Waals surface area contributed by atoms with Crippen LogP contribution >= 0.6 is 0 Å². The van der Waals surface area contributed by atoms with Gasteiger partial charge in [-0.1, -0.05) is 25.1 Å². The topological polar surface area (TPSA) is 44.8 Å². The van der Waals surface area contributed by atoms with Crippen LogP contribution in [0.2, 0.25) is 0 Å². The highest BCUT2D eigenvalue weighted by atomic mass is 16.5. The summed E-state index contributed by atoms with van der Waals surface area (Å²) in [7, 11) is 0. The van der Waals surface area contributed by atoms with Gasteiger partial charge in [-0.3, -0.25) is 14.6 Å². The average molecular weight is 319 g/mol. The molecule has 1 aromatic rings. The van der Waals surface area contributed by atoms with Crippen molar-refractivity contribution < 1.29 is 9.53 Å². The number of piperazine rings is 1. The van der Waals surface area contributed by atoms with E-state index in [1.54, 1.807) is 0 Å². The number of para-hydroxylation sites is 1. The summed E-state index contributed by atoms with van der Waals surface area (Å²) in [5, 5.41) is 2.98. The molecule has 1 amide bonds. The van der Waals surface area contributed by atoms with E-state index in [0.29, 0.717) is 6.61 Å². The summed E-state index contributed by atoms with van der Waals surface area (Å²) in [5.74, 6) is 1.07. The summed E-state index contributed by atoms with van der Waals surface area (Å²) in [6, 6.07) is 9.88. The van der Waals surface area contributed by atoms with E-state index in [1.807, 2.05) is 37.3 Å². The maximum Gasteiger partial charge on any atom is 0.237 e. The molecule has 1 aliphatic heterocycles. The molecule has 0 saturated carbocycles. The second-order valence-corrected chi connectivity index (χ2v) is 6.01. The minimum atomic E-state index is -0.0377. The molecule has 1 N–H and O–H groups in total. The highest BCUT2D eigenvalue weighted by molar-refractivity contribution is 5.81. The van der Waals surface area contributed by atoms with Gasteiger partial charge in [0, 0.05) is 39.3 Å². The zero-order valence-corrected chi connectivity index (χ0v) is 14.3. The van der Waals surface area contributed by atoms with Crippen LogP contribution in [0.3, 0.4) is 0 Å². The van der Waals surface area contributed by atoms with E-state index in [0.717, 1.165) is 51.4 Å². The maximum absolute atomic E-state index is 12.0. The van der Waals surface area contributed by atoms with E-state index < -0.39 is 0 Å². The molecule has 1 aromatic carbocycles. The molecule has 1 saturated heterocycles. The van der Waals surface area contributed by atoms with Crippen molar-refractivity contribution in [2.75, 3.05) is 45.9 Å². The van der Waals surface area contributed by atoms with Gasteiger partial charge in [0.25, 0.3) is 0 Å². The van der Waals surface area contributed by atoms with Crippen molar-refractivity contribution in [1.82, 2.24) is 15.1 Å². The number of carbonyl (C=O) groups is 1. The van der Waals surface area contributed by atoms with Crippen molar-refractivity contribution in [1.29, 1.82) is 0 Å². The van der Waals surface area contributed by atoms with Crippen molar-refractivity contribution >= 4 is 5.91 Å². The zero-order valence-electron chi connectivity index (χ0n) is 14.3. The summed E-state index contributed by atoms with van der Waals surface area (Å²) < 4.78 is 5.75. The van der Waals surface area contributed by atoms with Crippen molar-refractivity contribution in [3.63, 3.8) is 0 Å². The number of nitrogens with zero attached hydrogens (tertiary/aromatic N) is 2. The summed E-state index contributed by atoms with van der Waals surface area (Å²) in [4.78, 5) is 16.7. The number of benzene rings is 1. The predicted octanol–water partition coefficient (Wildman–Crippen LogP) is 1.60. The van der Waals surface area contributed by atoms with Gasteiger partial charge in [0.15, 0.2) is 0 Å². The molecule has 1 aliphatic rings. The van der Waals surface area contributed by atoms with Gasteiger partial charge in [-0.2, -0.15) is 0 Å². The fourth-order valence-corrected chi connectivity index (χ4v) is 2.75. The first-order chi connectivity index (χ1) is 11.2. The van der Waals surface area contributed by atoms with Crippen LogP contribution < -0.4 is 10.1 Å². The molecule has 1 heterocycles. The lowest BCUT2D eigenvalue weighted by Gasteiger charge is -2.37. The third kappa shape index (κ3) is 5.84. The smallest absolute Gasteiger partial charge is 0.237 e. The molecular formula is C18H29N3O2. The number of ether oxygens (including phenoxy) is 1. The molecule has 0 bridgehead atoms. The molecule has 1 fully saturated rings. The summed E-state index contributed by atoms with van der Waals surface area (Å²) >= 11 is 0. The van der Waals surface area contributed by atoms with Gasteiger partial charge in [-0.15, -0.1) is 0 Å². The Morgan fingerprint density at radius 1 is 1.22 bits per heavy atom. The third-order valence-corrected chi connectivity index (χ3v) is 4.30. The molecule has 0 radical (unpaired) electrons. The Hall–Kier alpha value is -1.59. The predicted molar refractivity (Wildman–Crippen MR) is 92.7 cm³/mol. The number of carbonyl (C=O) groups excluding carboxylic acids is 1. The minimum absolute atomic E-state index is 0.0377. The first-order valence-corrected chi connectivity index (χ1v) is 8.62. The zero-order chi connectivity index (χ0) is 16.5. The highest BCUT2D eigenvalue weighted by Crippen LogP contribution is 2.09. The number of nitrogens with one attached hydrogen (secondary N) is 1. The van der Waals surface area contributed by atoms with Crippen LogP contribution in [-0.4, -0.2) is 67.6 Å². The van der Waals surface area contributed by atoms with Gasteiger partial charge < -0.3 is 10.1 Å². The first-order valence-electron chi connectivity index (χ1n) is 8.62. The Morgan fingerprint density at radius 2 is 1.91 bits per heavy atom. The average Bonchev–Trinajstić information content (AvgIpc) is 2.60. The molecular weight excluding hydrogens is 290 g/mol. The van der Waals surface area contributed by atoms with Crippen LogP contribution in [0.4, 0.5) is 0 Å². The van der Waals surface area contributed by atoms with Crippen molar-refractivity contribution in [3.8, 4) is 5.75 Å². The largest absolute Gasteiger partial charge is 0.492 e. The fraction of sp³-hybridized carbons (Fsp3) is 0.611. The highest BCUT2D eigenvalue weighted by Gasteiger charge is 2.25. The molecule has 0 aliphatic carbocycles. The molecule has 2 rings (SSSR count). The van der Waals surface area contributed by atoms with Crippen LogP contribution in [0, 0.1) is 0 Å². The molecule has 128 valence electrons. The minimum Gasteiger partial charge on any atom is -0.492 e. The van der Waals surface area contributed by atoms with Gasteiger partial charge in [0.05, 0.1) is 6.04 Å². The normalized spacial score (nSPS) is 17.7. The lowest BCUT2D eigenvalue weighted by Crippen LogP contribution is -2.54. The van der Waals surface area contributed by atoms with Gasteiger partial charge in [-0.05, 0) is 25.5 Å². The number of hydrogen-bond acceptors (Lipinski definition) is 4. The number of rotatable bonds is 8. The van der Waals surface area contributed by atoms with E-state index >= 15 is 0 Å². The summed E-state index contributed by atoms with van der Waals surface area (Å²) in [5.41, 5.74) is 0. The van der Waals surface area contributed by atoms with Crippen LogP contribution in [0.5, 0.6) is 5.75 Å². The molecule has 23 heavy (non-hydrogen) atoms. The van der Waals surface area contributed by atoms with Crippen LogP contribution in [0.25, 0.3) is 0 Å². The molecule has 1 atom stereocenters. The van der Waals surface area contributed by atoms with Gasteiger partial charge in [0.2, 0.25) is 5.91 Å². The SMILES string of the molecule is CCCNC(=O)C(C)N1CCN(CCOc2ccccc2)CC1. The Bertz CT molecular complexity index is 459. The maximum atomic E-state index is 12.0. The fourth-order valence-electron chi connectivity index (χ4n) is 2.75. The van der Waals surface area contributed by atoms with Gasteiger partial charge in [0.1, 0.15) is 12.4 Å². The van der Waals surface area contributed by atoms with Gasteiger partial charge >= 0.3 is 0 Å². The Kier molecular flexibility index (Phi) is 7.36. The Labute approximate surface area is 139 Å². The second-order valence-electron chi connectivity index (χ2n) is 6.01. The van der Waals surface area contributed by atoms with E-state index in [2.05, 4.69) is 22.0 Å². The monoisotopic (exact) mass is 319 g/mol. The van der Waals surface area contributed by atoms with E-state index in [-0.39, 0.29) is 11.9 Å². The second kappa shape index (κ2) is 9.53. The lowest BCUT2D eigenvalue weighted by molar-refractivity contribution is -0.126. The Balaban J connectivity index is 1.64. The molecule has 5 heteroatoms. The molecule has 0 aromatic heterocycles.